The zero-order valence-corrected chi connectivity index (χ0v) is 11.9. The molecule has 5 heteroatoms. The van der Waals surface area contributed by atoms with Gasteiger partial charge in [-0.25, -0.2) is 4.98 Å². The molecule has 0 unspecified atom stereocenters. The number of fused-ring (bicyclic) bond motifs is 1. The molecule has 3 rings (SSSR count). The number of amides is 1. The molecule has 1 aliphatic rings. The average Bonchev–Trinajstić information content (AvgIpc) is 2.76. The minimum Gasteiger partial charge on any atom is -0.491 e. The molecule has 5 nitrogen and oxygen atoms in total. The largest absolute Gasteiger partial charge is 0.491 e. The van der Waals surface area contributed by atoms with Gasteiger partial charge in [-0.2, -0.15) is 0 Å². The van der Waals surface area contributed by atoms with E-state index in [4.69, 9.17) is 4.74 Å². The Balaban J connectivity index is 1.81. The fourth-order valence-corrected chi connectivity index (χ4v) is 2.33. The molecule has 0 saturated carbocycles. The third-order valence-corrected chi connectivity index (χ3v) is 3.51. The van der Waals surface area contributed by atoms with Crippen molar-refractivity contribution in [2.45, 2.75) is 6.54 Å². The van der Waals surface area contributed by atoms with Crippen LogP contribution >= 0.6 is 0 Å². The minimum atomic E-state index is -0.0713. The van der Waals surface area contributed by atoms with Crippen LogP contribution in [0, 0.1) is 0 Å². The second kappa shape index (κ2) is 5.83. The first kappa shape index (κ1) is 13.4. The van der Waals surface area contributed by atoms with Gasteiger partial charge in [0.2, 0.25) is 0 Å². The molecule has 0 radical (unpaired) electrons. The lowest BCUT2D eigenvalue weighted by Gasteiger charge is -2.19. The van der Waals surface area contributed by atoms with Crippen molar-refractivity contribution in [3.8, 4) is 5.75 Å². The SMILES string of the molecule is CNc1ccc(C(=O)N2CCOc3ccccc3C2)nc1. The number of para-hydroxylation sites is 1. The lowest BCUT2D eigenvalue weighted by Crippen LogP contribution is -2.33. The first-order valence-electron chi connectivity index (χ1n) is 6.92. The van der Waals surface area contributed by atoms with E-state index in [2.05, 4.69) is 10.3 Å². The Bertz CT molecular complexity index is 640. The minimum absolute atomic E-state index is 0.0713. The van der Waals surface area contributed by atoms with Crippen LogP contribution in [0.15, 0.2) is 42.6 Å². The number of hydrogen-bond donors (Lipinski definition) is 1. The monoisotopic (exact) mass is 283 g/mol. The Kier molecular flexibility index (Phi) is 3.73. The van der Waals surface area contributed by atoms with E-state index in [0.717, 1.165) is 17.0 Å². The summed E-state index contributed by atoms with van der Waals surface area (Å²) in [5, 5.41) is 2.99. The van der Waals surface area contributed by atoms with E-state index in [1.54, 1.807) is 17.2 Å². The number of rotatable bonds is 2. The lowest BCUT2D eigenvalue weighted by molar-refractivity contribution is 0.0727. The zero-order valence-electron chi connectivity index (χ0n) is 11.9. The summed E-state index contributed by atoms with van der Waals surface area (Å²) in [6.07, 6.45) is 1.66. The van der Waals surface area contributed by atoms with E-state index < -0.39 is 0 Å². The summed E-state index contributed by atoms with van der Waals surface area (Å²) in [4.78, 5) is 18.5. The first-order chi connectivity index (χ1) is 10.3. The highest BCUT2D eigenvalue weighted by Crippen LogP contribution is 2.23. The summed E-state index contributed by atoms with van der Waals surface area (Å²) in [7, 11) is 1.82. The molecule has 0 saturated heterocycles. The standard InChI is InChI=1S/C16H17N3O2/c1-17-13-6-7-14(18-10-13)16(20)19-8-9-21-15-5-3-2-4-12(15)11-19/h2-7,10,17H,8-9,11H2,1H3. The smallest absolute Gasteiger partial charge is 0.272 e. The van der Waals surface area contributed by atoms with Crippen LogP contribution in [0.2, 0.25) is 0 Å². The molecule has 1 aromatic carbocycles. The fourth-order valence-electron chi connectivity index (χ4n) is 2.33. The average molecular weight is 283 g/mol. The van der Waals surface area contributed by atoms with Gasteiger partial charge in [0.25, 0.3) is 5.91 Å². The third kappa shape index (κ3) is 2.81. The molecule has 108 valence electrons. The quantitative estimate of drug-likeness (QED) is 0.917. The van der Waals surface area contributed by atoms with E-state index in [9.17, 15) is 4.79 Å². The van der Waals surface area contributed by atoms with Gasteiger partial charge in [-0.15, -0.1) is 0 Å². The van der Waals surface area contributed by atoms with Crippen molar-refractivity contribution in [3.05, 3.63) is 53.9 Å². The first-order valence-corrected chi connectivity index (χ1v) is 6.92. The van der Waals surface area contributed by atoms with Crippen molar-refractivity contribution >= 4 is 11.6 Å². The molecule has 21 heavy (non-hydrogen) atoms. The van der Waals surface area contributed by atoms with Crippen molar-refractivity contribution in [3.63, 3.8) is 0 Å². The van der Waals surface area contributed by atoms with Gasteiger partial charge in [-0.1, -0.05) is 18.2 Å². The summed E-state index contributed by atoms with van der Waals surface area (Å²) < 4.78 is 5.68. The van der Waals surface area contributed by atoms with Crippen LogP contribution in [-0.2, 0) is 6.54 Å². The second-order valence-corrected chi connectivity index (χ2v) is 4.87. The Morgan fingerprint density at radius 2 is 2.14 bits per heavy atom. The highest BCUT2D eigenvalue weighted by molar-refractivity contribution is 5.92. The number of carbonyl (C=O) groups is 1. The summed E-state index contributed by atoms with van der Waals surface area (Å²) >= 11 is 0. The van der Waals surface area contributed by atoms with Gasteiger partial charge >= 0.3 is 0 Å². The number of nitrogens with zero attached hydrogens (tertiary/aromatic N) is 2. The van der Waals surface area contributed by atoms with Crippen LogP contribution in [0.3, 0.4) is 0 Å². The molecular formula is C16H17N3O2. The van der Waals surface area contributed by atoms with Gasteiger partial charge in [0.15, 0.2) is 0 Å². The zero-order chi connectivity index (χ0) is 14.7. The molecule has 0 atom stereocenters. The van der Waals surface area contributed by atoms with E-state index in [1.165, 1.54) is 0 Å². The van der Waals surface area contributed by atoms with Crippen LogP contribution in [0.1, 0.15) is 16.1 Å². The number of carbonyl (C=O) groups excluding carboxylic acids is 1. The van der Waals surface area contributed by atoms with Gasteiger partial charge in [0.1, 0.15) is 18.1 Å². The van der Waals surface area contributed by atoms with Gasteiger partial charge in [-0.05, 0) is 18.2 Å². The van der Waals surface area contributed by atoms with Gasteiger partial charge in [0, 0.05) is 19.2 Å². The molecule has 1 aliphatic heterocycles. The summed E-state index contributed by atoms with van der Waals surface area (Å²) in [6.45, 7) is 1.60. The predicted molar refractivity (Wildman–Crippen MR) is 80.5 cm³/mol. The van der Waals surface area contributed by atoms with Gasteiger partial charge in [-0.3, -0.25) is 4.79 Å². The van der Waals surface area contributed by atoms with Crippen LogP contribution in [0.5, 0.6) is 5.75 Å². The molecule has 0 aliphatic carbocycles. The number of ether oxygens (including phenoxy) is 1. The summed E-state index contributed by atoms with van der Waals surface area (Å²) in [5.74, 6) is 0.782. The molecule has 0 fully saturated rings. The maximum absolute atomic E-state index is 12.5. The number of benzene rings is 1. The second-order valence-electron chi connectivity index (χ2n) is 4.87. The van der Waals surface area contributed by atoms with Crippen molar-refractivity contribution < 1.29 is 9.53 Å². The van der Waals surface area contributed by atoms with Crippen molar-refractivity contribution in [2.24, 2.45) is 0 Å². The van der Waals surface area contributed by atoms with E-state index in [0.29, 0.717) is 25.4 Å². The van der Waals surface area contributed by atoms with E-state index in [1.807, 2.05) is 37.4 Å². The van der Waals surface area contributed by atoms with Crippen molar-refractivity contribution in [1.82, 2.24) is 9.88 Å². The molecule has 1 aromatic heterocycles. The normalized spacial score (nSPS) is 13.9. The summed E-state index contributed by atoms with van der Waals surface area (Å²) in [6, 6.07) is 11.4. The Morgan fingerprint density at radius 3 is 2.90 bits per heavy atom. The maximum atomic E-state index is 12.5. The topological polar surface area (TPSA) is 54.5 Å². The molecule has 1 N–H and O–H groups in total. The fraction of sp³-hybridized carbons (Fsp3) is 0.250. The number of anilines is 1. The van der Waals surface area contributed by atoms with Crippen LogP contribution in [0.25, 0.3) is 0 Å². The molecule has 2 heterocycles. The highest BCUT2D eigenvalue weighted by Gasteiger charge is 2.21. The van der Waals surface area contributed by atoms with E-state index >= 15 is 0 Å². The van der Waals surface area contributed by atoms with Crippen molar-refractivity contribution in [1.29, 1.82) is 0 Å². The summed E-state index contributed by atoms with van der Waals surface area (Å²) in [5.41, 5.74) is 2.36. The van der Waals surface area contributed by atoms with Crippen molar-refractivity contribution in [2.75, 3.05) is 25.5 Å². The highest BCUT2D eigenvalue weighted by atomic mass is 16.5. The Labute approximate surface area is 123 Å². The van der Waals surface area contributed by atoms with Gasteiger partial charge < -0.3 is 15.0 Å². The third-order valence-electron chi connectivity index (χ3n) is 3.51. The number of hydrogen-bond acceptors (Lipinski definition) is 4. The molecule has 1 amide bonds. The van der Waals surface area contributed by atoms with E-state index in [-0.39, 0.29) is 5.91 Å². The van der Waals surface area contributed by atoms with Crippen LogP contribution < -0.4 is 10.1 Å². The van der Waals surface area contributed by atoms with Gasteiger partial charge in [0.05, 0.1) is 18.4 Å². The number of pyridine rings is 1. The predicted octanol–water partition coefficient (Wildman–Crippen LogP) is 2.16. The molecule has 2 aromatic rings. The maximum Gasteiger partial charge on any atom is 0.272 e. The molecular weight excluding hydrogens is 266 g/mol. The Morgan fingerprint density at radius 1 is 1.29 bits per heavy atom. The molecule has 0 spiro atoms. The molecule has 0 bridgehead atoms. The number of nitrogens with one attached hydrogen (secondary N) is 1. The lowest BCUT2D eigenvalue weighted by atomic mass is 10.2. The van der Waals surface area contributed by atoms with Crippen LogP contribution in [-0.4, -0.2) is 36.0 Å². The Hall–Kier alpha value is -2.56. The van der Waals surface area contributed by atoms with Crippen LogP contribution in [0.4, 0.5) is 5.69 Å². The number of aromatic nitrogens is 1.